The van der Waals surface area contributed by atoms with Crippen molar-refractivity contribution < 1.29 is 9.47 Å². The Balaban J connectivity index is 2.07. The highest BCUT2D eigenvalue weighted by Gasteiger charge is 2.05. The molecule has 5 heteroatoms. The number of nitrogens with two attached hydrogens (primary N) is 1. The number of anilines is 1. The van der Waals surface area contributed by atoms with Crippen LogP contribution in [0.5, 0.6) is 11.5 Å². The maximum atomic E-state index is 5.58. The van der Waals surface area contributed by atoms with E-state index in [-0.39, 0.29) is 0 Å². The zero-order chi connectivity index (χ0) is 15.2. The van der Waals surface area contributed by atoms with E-state index in [0.29, 0.717) is 11.5 Å². The minimum atomic E-state index is 0.401. The maximum absolute atomic E-state index is 5.58. The number of benzene rings is 2. The van der Waals surface area contributed by atoms with E-state index in [1.807, 2.05) is 42.5 Å². The van der Waals surface area contributed by atoms with Gasteiger partial charge in [0.05, 0.1) is 14.2 Å². The highest BCUT2D eigenvalue weighted by Crippen LogP contribution is 2.25. The van der Waals surface area contributed by atoms with Gasteiger partial charge < -0.3 is 20.5 Å². The molecule has 0 aliphatic carbocycles. The van der Waals surface area contributed by atoms with Gasteiger partial charge in [0.25, 0.3) is 0 Å². The van der Waals surface area contributed by atoms with Crippen molar-refractivity contribution in [3.63, 3.8) is 0 Å². The van der Waals surface area contributed by atoms with Gasteiger partial charge in [0.1, 0.15) is 16.5 Å². The molecule has 0 atom stereocenters. The lowest BCUT2D eigenvalue weighted by atomic mass is 10.1. The molecule has 0 aliphatic rings. The van der Waals surface area contributed by atoms with Crippen molar-refractivity contribution in [1.82, 2.24) is 0 Å². The van der Waals surface area contributed by atoms with Crippen molar-refractivity contribution in [3.05, 3.63) is 53.6 Å². The first-order chi connectivity index (χ1) is 10.1. The van der Waals surface area contributed by atoms with Crippen LogP contribution >= 0.6 is 12.2 Å². The van der Waals surface area contributed by atoms with Gasteiger partial charge in [-0.3, -0.25) is 0 Å². The minimum absolute atomic E-state index is 0.401. The topological polar surface area (TPSA) is 56.5 Å². The van der Waals surface area contributed by atoms with Crippen molar-refractivity contribution in [1.29, 1.82) is 0 Å². The molecule has 0 amide bonds. The quantitative estimate of drug-likeness (QED) is 0.804. The predicted octanol–water partition coefficient (Wildman–Crippen LogP) is 2.95. The fraction of sp³-hybridized carbons (Fsp3) is 0.188. The van der Waals surface area contributed by atoms with Crippen LogP contribution in [0.25, 0.3) is 0 Å². The van der Waals surface area contributed by atoms with Crippen LogP contribution in [0.15, 0.2) is 42.5 Å². The van der Waals surface area contributed by atoms with Gasteiger partial charge in [-0.25, -0.2) is 0 Å². The SMILES string of the molecule is COc1ccc(CNc2ccc(C(N)=S)cc2)c(OC)c1. The van der Waals surface area contributed by atoms with E-state index in [1.165, 1.54) is 0 Å². The van der Waals surface area contributed by atoms with Crippen molar-refractivity contribution in [3.8, 4) is 11.5 Å². The van der Waals surface area contributed by atoms with E-state index in [4.69, 9.17) is 27.4 Å². The van der Waals surface area contributed by atoms with Gasteiger partial charge in [0.15, 0.2) is 0 Å². The molecule has 2 aromatic rings. The molecule has 2 aromatic carbocycles. The van der Waals surface area contributed by atoms with Crippen LogP contribution in [0.3, 0.4) is 0 Å². The van der Waals surface area contributed by atoms with Crippen LogP contribution in [0.1, 0.15) is 11.1 Å². The lowest BCUT2D eigenvalue weighted by molar-refractivity contribution is 0.391. The Morgan fingerprint density at radius 2 is 1.81 bits per heavy atom. The van der Waals surface area contributed by atoms with Crippen molar-refractivity contribution >= 4 is 22.9 Å². The Morgan fingerprint density at radius 1 is 1.10 bits per heavy atom. The van der Waals surface area contributed by atoms with Gasteiger partial charge in [0, 0.05) is 29.4 Å². The maximum Gasteiger partial charge on any atom is 0.127 e. The number of nitrogens with one attached hydrogen (secondary N) is 1. The number of methoxy groups -OCH3 is 2. The Kier molecular flexibility index (Phi) is 5.00. The summed E-state index contributed by atoms with van der Waals surface area (Å²) in [7, 11) is 3.28. The number of thiocarbonyl (C=S) groups is 1. The first-order valence-electron chi connectivity index (χ1n) is 6.48. The average Bonchev–Trinajstić information content (AvgIpc) is 2.53. The standard InChI is InChI=1S/C16H18N2O2S/c1-19-14-8-5-12(15(9-14)20-2)10-18-13-6-3-11(4-7-13)16(17)21/h3-9,18H,10H2,1-2H3,(H2,17,21). The molecule has 2 rings (SSSR count). The molecule has 0 aromatic heterocycles. The Morgan fingerprint density at radius 3 is 2.38 bits per heavy atom. The van der Waals surface area contributed by atoms with Crippen LogP contribution in [-0.4, -0.2) is 19.2 Å². The molecular weight excluding hydrogens is 284 g/mol. The molecule has 0 unspecified atom stereocenters. The van der Waals surface area contributed by atoms with Crippen molar-refractivity contribution in [2.75, 3.05) is 19.5 Å². The zero-order valence-electron chi connectivity index (χ0n) is 12.1. The number of hydrogen-bond donors (Lipinski definition) is 2. The highest BCUT2D eigenvalue weighted by molar-refractivity contribution is 7.80. The summed E-state index contributed by atoms with van der Waals surface area (Å²) in [6, 6.07) is 13.5. The first kappa shape index (κ1) is 15.1. The molecule has 0 saturated heterocycles. The van der Waals surface area contributed by atoms with E-state index in [9.17, 15) is 0 Å². The largest absolute Gasteiger partial charge is 0.497 e. The molecule has 0 heterocycles. The number of rotatable bonds is 6. The first-order valence-corrected chi connectivity index (χ1v) is 6.89. The Labute approximate surface area is 129 Å². The van der Waals surface area contributed by atoms with Crippen LogP contribution < -0.4 is 20.5 Å². The second-order valence-corrected chi connectivity index (χ2v) is 4.91. The summed E-state index contributed by atoms with van der Waals surface area (Å²) in [4.78, 5) is 0.401. The summed E-state index contributed by atoms with van der Waals surface area (Å²) in [6.07, 6.45) is 0. The molecule has 0 radical (unpaired) electrons. The van der Waals surface area contributed by atoms with E-state index in [1.54, 1.807) is 14.2 Å². The Bertz CT molecular complexity index is 627. The third-order valence-corrected chi connectivity index (χ3v) is 3.38. The van der Waals surface area contributed by atoms with Gasteiger partial charge in [-0.2, -0.15) is 0 Å². The number of ether oxygens (including phenoxy) is 2. The number of hydrogen-bond acceptors (Lipinski definition) is 4. The summed E-state index contributed by atoms with van der Waals surface area (Å²) in [5.41, 5.74) is 8.48. The molecule has 110 valence electrons. The molecule has 21 heavy (non-hydrogen) atoms. The average molecular weight is 302 g/mol. The van der Waals surface area contributed by atoms with Crippen molar-refractivity contribution in [2.45, 2.75) is 6.54 Å². The minimum Gasteiger partial charge on any atom is -0.497 e. The van der Waals surface area contributed by atoms with Gasteiger partial charge in [-0.15, -0.1) is 0 Å². The summed E-state index contributed by atoms with van der Waals surface area (Å²) in [5, 5.41) is 3.33. The molecule has 3 N–H and O–H groups in total. The van der Waals surface area contributed by atoms with Gasteiger partial charge in [-0.1, -0.05) is 12.2 Å². The van der Waals surface area contributed by atoms with Crippen molar-refractivity contribution in [2.24, 2.45) is 5.73 Å². The third-order valence-electron chi connectivity index (χ3n) is 3.15. The second kappa shape index (κ2) is 6.95. The summed E-state index contributed by atoms with van der Waals surface area (Å²) in [5.74, 6) is 1.57. The highest BCUT2D eigenvalue weighted by atomic mass is 32.1. The van der Waals surface area contributed by atoms with Crippen LogP contribution in [0.2, 0.25) is 0 Å². The summed E-state index contributed by atoms with van der Waals surface area (Å²) >= 11 is 4.93. The molecule has 0 spiro atoms. The fourth-order valence-corrected chi connectivity index (χ4v) is 2.08. The van der Waals surface area contributed by atoms with E-state index in [0.717, 1.165) is 28.3 Å². The van der Waals surface area contributed by atoms with Gasteiger partial charge in [0.2, 0.25) is 0 Å². The monoisotopic (exact) mass is 302 g/mol. The molecule has 0 saturated carbocycles. The van der Waals surface area contributed by atoms with E-state index < -0.39 is 0 Å². The fourth-order valence-electron chi connectivity index (χ4n) is 1.95. The molecular formula is C16H18N2O2S. The summed E-state index contributed by atoms with van der Waals surface area (Å²) < 4.78 is 10.6. The Hall–Kier alpha value is -2.27. The molecule has 4 nitrogen and oxygen atoms in total. The van der Waals surface area contributed by atoms with Crippen LogP contribution in [0, 0.1) is 0 Å². The van der Waals surface area contributed by atoms with E-state index >= 15 is 0 Å². The molecule has 0 fully saturated rings. The molecule has 0 aliphatic heterocycles. The van der Waals surface area contributed by atoms with Gasteiger partial charge >= 0.3 is 0 Å². The lowest BCUT2D eigenvalue weighted by Crippen LogP contribution is -2.09. The third kappa shape index (κ3) is 3.86. The molecule has 0 bridgehead atoms. The van der Waals surface area contributed by atoms with Crippen LogP contribution in [0.4, 0.5) is 5.69 Å². The smallest absolute Gasteiger partial charge is 0.127 e. The normalized spacial score (nSPS) is 10.0. The van der Waals surface area contributed by atoms with E-state index in [2.05, 4.69) is 5.32 Å². The lowest BCUT2D eigenvalue weighted by Gasteiger charge is -2.12. The zero-order valence-corrected chi connectivity index (χ0v) is 12.9. The second-order valence-electron chi connectivity index (χ2n) is 4.47. The predicted molar refractivity (Wildman–Crippen MR) is 89.2 cm³/mol. The summed E-state index contributed by atoms with van der Waals surface area (Å²) in [6.45, 7) is 0.652. The van der Waals surface area contributed by atoms with Crippen LogP contribution in [-0.2, 0) is 6.54 Å². The van der Waals surface area contributed by atoms with Gasteiger partial charge in [-0.05, 0) is 36.4 Å².